The van der Waals surface area contributed by atoms with Gasteiger partial charge in [0.15, 0.2) is 0 Å². The molecule has 0 aliphatic carbocycles. The van der Waals surface area contributed by atoms with Crippen molar-refractivity contribution in [3.8, 4) is 5.75 Å². The Hall–Kier alpha value is -3.61. The first-order valence-corrected chi connectivity index (χ1v) is 11.3. The molecule has 0 bridgehead atoms. The van der Waals surface area contributed by atoms with Crippen molar-refractivity contribution < 1.29 is 19.1 Å². The second kappa shape index (κ2) is 10.1. The van der Waals surface area contributed by atoms with Crippen molar-refractivity contribution in [2.75, 3.05) is 11.5 Å². The number of nitrogens with zero attached hydrogens (tertiary/aromatic N) is 1. The molecule has 0 atom stereocenters. The summed E-state index contributed by atoms with van der Waals surface area (Å²) >= 11 is 12.7. The molecule has 0 saturated carbocycles. The Kier molecular flexibility index (Phi) is 7.01. The van der Waals surface area contributed by atoms with Crippen LogP contribution in [-0.2, 0) is 16.0 Å². The smallest absolute Gasteiger partial charge is 0.335 e. The summed E-state index contributed by atoms with van der Waals surface area (Å²) in [6, 6.07) is 18.4. The highest BCUT2D eigenvalue weighted by Crippen LogP contribution is 2.27. The number of hydrogen-bond donors (Lipinski definition) is 1. The van der Waals surface area contributed by atoms with Crippen LogP contribution in [0, 0.1) is 0 Å². The Morgan fingerprint density at radius 3 is 2.29 bits per heavy atom. The maximum Gasteiger partial charge on any atom is 0.335 e. The standard InChI is InChI=1S/C26H20Cl2N2O4/c1-2-34-20-11-9-19(10-12-20)30-25(32)21(24(31)29-26(30)33)13-16-7-8-18(23(28)14-16)15-17-5-3-4-6-22(17)27/h3-14H,2,15H2,1H3,(H,29,31,33)/b21-13+. The first-order chi connectivity index (χ1) is 16.4. The number of imide groups is 2. The van der Waals surface area contributed by atoms with E-state index in [0.717, 1.165) is 16.0 Å². The highest BCUT2D eigenvalue weighted by atomic mass is 35.5. The Morgan fingerprint density at radius 2 is 1.62 bits per heavy atom. The van der Waals surface area contributed by atoms with Crippen molar-refractivity contribution in [1.29, 1.82) is 0 Å². The minimum Gasteiger partial charge on any atom is -0.494 e. The Bertz CT molecular complexity index is 1300. The highest BCUT2D eigenvalue weighted by molar-refractivity contribution is 6.39. The van der Waals surface area contributed by atoms with E-state index in [2.05, 4.69) is 5.32 Å². The van der Waals surface area contributed by atoms with Crippen molar-refractivity contribution in [2.45, 2.75) is 13.3 Å². The predicted molar refractivity (Wildman–Crippen MR) is 132 cm³/mol. The molecule has 172 valence electrons. The number of barbiturate groups is 1. The lowest BCUT2D eigenvalue weighted by Gasteiger charge is -2.26. The SMILES string of the molecule is CCOc1ccc(N2C(=O)NC(=O)/C(=C\c3ccc(Cc4ccccc4Cl)c(Cl)c3)C2=O)cc1. The van der Waals surface area contributed by atoms with Gasteiger partial charge >= 0.3 is 6.03 Å². The number of amides is 4. The maximum atomic E-state index is 13.1. The quantitative estimate of drug-likeness (QED) is 0.354. The van der Waals surface area contributed by atoms with E-state index in [9.17, 15) is 14.4 Å². The summed E-state index contributed by atoms with van der Waals surface area (Å²) in [5.74, 6) is -0.892. The van der Waals surface area contributed by atoms with E-state index in [1.54, 1.807) is 36.4 Å². The van der Waals surface area contributed by atoms with Gasteiger partial charge < -0.3 is 4.74 Å². The van der Waals surface area contributed by atoms with E-state index >= 15 is 0 Å². The summed E-state index contributed by atoms with van der Waals surface area (Å²) in [5.41, 5.74) is 2.47. The number of benzene rings is 3. The number of carbonyl (C=O) groups is 3. The number of ether oxygens (including phenoxy) is 1. The second-order valence-corrected chi connectivity index (χ2v) is 8.32. The van der Waals surface area contributed by atoms with E-state index in [-0.39, 0.29) is 5.57 Å². The van der Waals surface area contributed by atoms with Crippen LogP contribution >= 0.6 is 23.2 Å². The first kappa shape index (κ1) is 23.5. The van der Waals surface area contributed by atoms with Gasteiger partial charge in [0.2, 0.25) is 0 Å². The van der Waals surface area contributed by atoms with Gasteiger partial charge in [0.05, 0.1) is 12.3 Å². The zero-order valence-corrected chi connectivity index (χ0v) is 19.7. The van der Waals surface area contributed by atoms with Gasteiger partial charge in [-0.3, -0.25) is 14.9 Å². The summed E-state index contributed by atoms with van der Waals surface area (Å²) in [6.45, 7) is 2.34. The first-order valence-electron chi connectivity index (χ1n) is 10.5. The van der Waals surface area contributed by atoms with Crippen molar-refractivity contribution in [2.24, 2.45) is 0 Å². The largest absolute Gasteiger partial charge is 0.494 e. The van der Waals surface area contributed by atoms with E-state index in [0.29, 0.717) is 40.1 Å². The lowest BCUT2D eigenvalue weighted by Crippen LogP contribution is -2.54. The monoisotopic (exact) mass is 494 g/mol. The molecule has 1 heterocycles. The zero-order chi connectivity index (χ0) is 24.2. The fraction of sp³-hybridized carbons (Fsp3) is 0.115. The fourth-order valence-corrected chi connectivity index (χ4v) is 4.02. The molecule has 1 fully saturated rings. The highest BCUT2D eigenvalue weighted by Gasteiger charge is 2.36. The molecule has 1 saturated heterocycles. The summed E-state index contributed by atoms with van der Waals surface area (Å²) in [4.78, 5) is 38.9. The molecule has 1 N–H and O–H groups in total. The molecule has 3 aromatic carbocycles. The van der Waals surface area contributed by atoms with Gasteiger partial charge in [-0.05, 0) is 66.1 Å². The molecule has 0 aromatic heterocycles. The van der Waals surface area contributed by atoms with Gasteiger partial charge in [-0.15, -0.1) is 0 Å². The molecular weight excluding hydrogens is 475 g/mol. The number of anilines is 1. The zero-order valence-electron chi connectivity index (χ0n) is 18.2. The number of carbonyl (C=O) groups excluding carboxylic acids is 3. The Balaban J connectivity index is 1.60. The molecule has 3 aromatic rings. The molecule has 8 heteroatoms. The van der Waals surface area contributed by atoms with Gasteiger partial charge in [0.1, 0.15) is 11.3 Å². The number of halogens is 2. The number of rotatable bonds is 6. The predicted octanol–water partition coefficient (Wildman–Crippen LogP) is 5.65. The maximum absolute atomic E-state index is 13.1. The molecule has 0 spiro atoms. The minimum atomic E-state index is -0.815. The van der Waals surface area contributed by atoms with Crippen LogP contribution in [0.15, 0.2) is 72.3 Å². The van der Waals surface area contributed by atoms with E-state index < -0.39 is 17.8 Å². The third kappa shape index (κ3) is 4.98. The van der Waals surface area contributed by atoms with Crippen LogP contribution in [0.2, 0.25) is 10.0 Å². The molecule has 4 rings (SSSR count). The van der Waals surface area contributed by atoms with Crippen LogP contribution in [0.25, 0.3) is 6.08 Å². The van der Waals surface area contributed by atoms with Crippen molar-refractivity contribution >= 4 is 52.8 Å². The van der Waals surface area contributed by atoms with Crippen LogP contribution in [-0.4, -0.2) is 24.5 Å². The van der Waals surface area contributed by atoms with Crippen molar-refractivity contribution in [3.63, 3.8) is 0 Å². The lowest BCUT2D eigenvalue weighted by atomic mass is 10.0. The lowest BCUT2D eigenvalue weighted by molar-refractivity contribution is -0.122. The molecular formula is C26H20Cl2N2O4. The number of hydrogen-bond acceptors (Lipinski definition) is 4. The van der Waals surface area contributed by atoms with Crippen LogP contribution in [0.4, 0.5) is 10.5 Å². The Morgan fingerprint density at radius 1 is 0.912 bits per heavy atom. The van der Waals surface area contributed by atoms with Gasteiger partial charge in [0, 0.05) is 16.5 Å². The van der Waals surface area contributed by atoms with E-state index in [1.165, 1.54) is 6.08 Å². The van der Waals surface area contributed by atoms with E-state index in [1.807, 2.05) is 37.3 Å². The third-order valence-electron chi connectivity index (χ3n) is 5.23. The van der Waals surface area contributed by atoms with Crippen LogP contribution < -0.4 is 15.0 Å². The molecule has 1 aliphatic heterocycles. The topological polar surface area (TPSA) is 75.7 Å². The normalized spacial score (nSPS) is 15.0. The summed E-state index contributed by atoms with van der Waals surface area (Å²) in [5, 5.41) is 3.33. The van der Waals surface area contributed by atoms with Crippen LogP contribution in [0.1, 0.15) is 23.6 Å². The molecule has 6 nitrogen and oxygen atoms in total. The van der Waals surface area contributed by atoms with Gasteiger partial charge in [-0.25, -0.2) is 9.69 Å². The summed E-state index contributed by atoms with van der Waals surface area (Å²) < 4.78 is 5.39. The van der Waals surface area contributed by atoms with Gasteiger partial charge in [-0.2, -0.15) is 0 Å². The fourth-order valence-electron chi connectivity index (χ4n) is 3.56. The van der Waals surface area contributed by atoms with Gasteiger partial charge in [-0.1, -0.05) is 53.5 Å². The van der Waals surface area contributed by atoms with Crippen molar-refractivity contribution in [1.82, 2.24) is 5.32 Å². The van der Waals surface area contributed by atoms with Crippen LogP contribution in [0.5, 0.6) is 5.75 Å². The molecule has 0 unspecified atom stereocenters. The van der Waals surface area contributed by atoms with Crippen LogP contribution in [0.3, 0.4) is 0 Å². The minimum absolute atomic E-state index is 0.177. The summed E-state index contributed by atoms with van der Waals surface area (Å²) in [6.07, 6.45) is 1.95. The molecule has 34 heavy (non-hydrogen) atoms. The van der Waals surface area contributed by atoms with Gasteiger partial charge in [0.25, 0.3) is 11.8 Å². The Labute approximate surface area is 206 Å². The third-order valence-corrected chi connectivity index (χ3v) is 5.96. The van der Waals surface area contributed by atoms with Crippen molar-refractivity contribution in [3.05, 3.63) is 99.0 Å². The molecule has 0 radical (unpaired) electrons. The number of urea groups is 1. The number of nitrogens with one attached hydrogen (secondary N) is 1. The summed E-state index contributed by atoms with van der Waals surface area (Å²) in [7, 11) is 0. The second-order valence-electron chi connectivity index (χ2n) is 7.50. The average Bonchev–Trinajstić information content (AvgIpc) is 2.81. The molecule has 4 amide bonds. The molecule has 1 aliphatic rings. The average molecular weight is 495 g/mol. The van der Waals surface area contributed by atoms with E-state index in [4.69, 9.17) is 27.9 Å².